The smallest absolute Gasteiger partial charge is 0.314 e. The number of benzene rings is 1. The molecule has 0 amide bonds. The average Bonchev–Trinajstić information content (AvgIpc) is 2.46. The van der Waals surface area contributed by atoms with E-state index in [0.717, 1.165) is 12.0 Å². The molecule has 1 aliphatic rings. The minimum atomic E-state index is -0.847. The molecule has 0 radical (unpaired) electrons. The summed E-state index contributed by atoms with van der Waals surface area (Å²) in [5.41, 5.74) is 1.40. The summed E-state index contributed by atoms with van der Waals surface area (Å²) in [6.07, 6.45) is 0.719. The van der Waals surface area contributed by atoms with Crippen LogP contribution in [0.3, 0.4) is 0 Å². The molecule has 0 bridgehead atoms. The van der Waals surface area contributed by atoms with Gasteiger partial charge in [-0.1, -0.05) is 37.3 Å². The normalized spacial score (nSPS) is 22.6. The first-order valence-corrected chi connectivity index (χ1v) is 7.18. The first kappa shape index (κ1) is 14.7. The number of aliphatic imine (C=N–C) groups is 1. The van der Waals surface area contributed by atoms with Gasteiger partial charge in [-0.3, -0.25) is 4.79 Å². The number of hydrogen-bond acceptors (Lipinski definition) is 2. The van der Waals surface area contributed by atoms with Crippen molar-refractivity contribution < 1.29 is 9.90 Å². The van der Waals surface area contributed by atoms with Crippen molar-refractivity contribution in [2.45, 2.75) is 26.3 Å². The fourth-order valence-electron chi connectivity index (χ4n) is 2.70. The Bertz CT molecular complexity index is 542. The molecule has 4 nitrogen and oxygen atoms in total. The monoisotopic (exact) mass is 290 g/mol. The minimum Gasteiger partial charge on any atom is -0.481 e. The van der Waals surface area contributed by atoms with Crippen molar-refractivity contribution in [2.24, 2.45) is 10.9 Å². The highest BCUT2D eigenvalue weighted by atomic mass is 32.1. The van der Waals surface area contributed by atoms with Crippen LogP contribution in [-0.4, -0.2) is 39.4 Å². The molecule has 0 fully saturated rings. The zero-order valence-corrected chi connectivity index (χ0v) is 12.4. The Morgan fingerprint density at radius 1 is 1.35 bits per heavy atom. The van der Waals surface area contributed by atoms with Crippen molar-refractivity contribution >= 4 is 29.0 Å². The lowest BCUT2D eigenvalue weighted by atomic mass is 9.86. The third-order valence-electron chi connectivity index (χ3n) is 3.64. The number of rotatable bonds is 4. The van der Waals surface area contributed by atoms with Gasteiger partial charge in [0.25, 0.3) is 0 Å². The van der Waals surface area contributed by atoms with Crippen LogP contribution in [0.25, 0.3) is 0 Å². The van der Waals surface area contributed by atoms with Gasteiger partial charge >= 0.3 is 5.97 Å². The van der Waals surface area contributed by atoms with Crippen LogP contribution in [0.2, 0.25) is 0 Å². The molecule has 5 heteroatoms. The molecule has 106 valence electrons. The van der Waals surface area contributed by atoms with Crippen LogP contribution in [0.4, 0.5) is 0 Å². The molecule has 0 aromatic heterocycles. The molecule has 0 saturated carbocycles. The van der Waals surface area contributed by atoms with Gasteiger partial charge in [0.05, 0.1) is 5.71 Å². The van der Waals surface area contributed by atoms with Gasteiger partial charge in [0.1, 0.15) is 5.92 Å². The lowest BCUT2D eigenvalue weighted by Gasteiger charge is -2.39. The standard InChI is InChI=1S/C15H18N2O2S/c1-3-11-12(14(18)19)13(10-8-6-5-7-9-10)16-15(20)17(11)4-2/h5-9,11-12H,3-4H2,1-2H3,(H,18,19). The topological polar surface area (TPSA) is 52.9 Å². The van der Waals surface area contributed by atoms with E-state index < -0.39 is 11.9 Å². The quantitative estimate of drug-likeness (QED) is 0.866. The van der Waals surface area contributed by atoms with E-state index in [-0.39, 0.29) is 6.04 Å². The van der Waals surface area contributed by atoms with Gasteiger partial charge in [-0.15, -0.1) is 0 Å². The van der Waals surface area contributed by atoms with Gasteiger partial charge in [0.15, 0.2) is 5.11 Å². The predicted octanol–water partition coefficient (Wildman–Crippen LogP) is 2.58. The van der Waals surface area contributed by atoms with Gasteiger partial charge in [-0.05, 0) is 31.1 Å². The van der Waals surface area contributed by atoms with Crippen molar-refractivity contribution in [1.29, 1.82) is 0 Å². The molecule has 0 spiro atoms. The third-order valence-corrected chi connectivity index (χ3v) is 3.96. The van der Waals surface area contributed by atoms with Crippen LogP contribution in [0.1, 0.15) is 25.8 Å². The largest absolute Gasteiger partial charge is 0.481 e. The Labute approximate surface area is 124 Å². The van der Waals surface area contributed by atoms with Crippen LogP contribution in [0.5, 0.6) is 0 Å². The summed E-state index contributed by atoms with van der Waals surface area (Å²) in [5.74, 6) is -1.49. The molecular formula is C15H18N2O2S. The molecule has 1 aromatic carbocycles. The minimum absolute atomic E-state index is 0.141. The highest BCUT2D eigenvalue weighted by molar-refractivity contribution is 7.80. The summed E-state index contributed by atoms with van der Waals surface area (Å²) in [5, 5.41) is 10.1. The second-order valence-corrected chi connectivity index (χ2v) is 5.09. The molecule has 20 heavy (non-hydrogen) atoms. The Balaban J connectivity index is 2.53. The zero-order valence-electron chi connectivity index (χ0n) is 11.6. The van der Waals surface area contributed by atoms with Crippen molar-refractivity contribution in [3.8, 4) is 0 Å². The molecular weight excluding hydrogens is 272 g/mol. The number of aliphatic carboxylic acids is 1. The van der Waals surface area contributed by atoms with Gasteiger partial charge in [-0.2, -0.15) is 0 Å². The summed E-state index contributed by atoms with van der Waals surface area (Å²) in [7, 11) is 0. The molecule has 0 saturated heterocycles. The van der Waals surface area contributed by atoms with Crippen molar-refractivity contribution in [1.82, 2.24) is 4.90 Å². The number of carboxylic acids is 1. The van der Waals surface area contributed by atoms with E-state index in [1.54, 1.807) is 0 Å². The first-order valence-electron chi connectivity index (χ1n) is 6.77. The van der Waals surface area contributed by atoms with Crippen molar-refractivity contribution in [2.75, 3.05) is 6.54 Å². The lowest BCUT2D eigenvalue weighted by Crippen LogP contribution is -2.52. The average molecular weight is 290 g/mol. The molecule has 1 aliphatic heterocycles. The van der Waals surface area contributed by atoms with Gasteiger partial charge in [-0.25, -0.2) is 4.99 Å². The number of thiocarbonyl (C=S) groups is 1. The number of carbonyl (C=O) groups is 1. The summed E-state index contributed by atoms with van der Waals surface area (Å²) >= 11 is 5.33. The SMILES string of the molecule is CCC1C(C(=O)O)C(c2ccccc2)=NC(=S)N1CC. The molecule has 2 atom stereocenters. The number of nitrogens with zero attached hydrogens (tertiary/aromatic N) is 2. The maximum atomic E-state index is 11.7. The Morgan fingerprint density at radius 2 is 2.00 bits per heavy atom. The Morgan fingerprint density at radius 3 is 2.50 bits per heavy atom. The second kappa shape index (κ2) is 6.13. The second-order valence-electron chi connectivity index (χ2n) is 4.72. The first-order chi connectivity index (χ1) is 9.60. The van der Waals surface area contributed by atoms with E-state index in [2.05, 4.69) is 4.99 Å². The highest BCUT2D eigenvalue weighted by Crippen LogP contribution is 2.26. The maximum Gasteiger partial charge on any atom is 0.314 e. The van der Waals surface area contributed by atoms with Crippen LogP contribution in [0.15, 0.2) is 35.3 Å². The Hall–Kier alpha value is -1.75. The molecule has 2 unspecified atom stereocenters. The number of hydrogen-bond donors (Lipinski definition) is 1. The highest BCUT2D eigenvalue weighted by Gasteiger charge is 2.40. The van der Waals surface area contributed by atoms with Crippen LogP contribution >= 0.6 is 12.2 Å². The van der Waals surface area contributed by atoms with Crippen LogP contribution < -0.4 is 0 Å². The fourth-order valence-corrected chi connectivity index (χ4v) is 3.06. The van der Waals surface area contributed by atoms with Crippen molar-refractivity contribution in [3.63, 3.8) is 0 Å². The van der Waals surface area contributed by atoms with Gasteiger partial charge < -0.3 is 10.0 Å². The third kappa shape index (κ3) is 2.58. The van der Waals surface area contributed by atoms with Crippen LogP contribution in [0, 0.1) is 5.92 Å². The summed E-state index contributed by atoms with van der Waals surface area (Å²) in [4.78, 5) is 18.0. The zero-order chi connectivity index (χ0) is 14.7. The summed E-state index contributed by atoms with van der Waals surface area (Å²) < 4.78 is 0. The van der Waals surface area contributed by atoms with Crippen molar-refractivity contribution in [3.05, 3.63) is 35.9 Å². The fraction of sp³-hybridized carbons (Fsp3) is 0.400. The maximum absolute atomic E-state index is 11.7. The number of carboxylic acid groups (broad SMARTS) is 1. The summed E-state index contributed by atoms with van der Waals surface area (Å²) in [6, 6.07) is 9.28. The van der Waals surface area contributed by atoms with E-state index in [4.69, 9.17) is 12.2 Å². The lowest BCUT2D eigenvalue weighted by molar-refractivity contribution is -0.141. The summed E-state index contributed by atoms with van der Waals surface area (Å²) in [6.45, 7) is 4.63. The van der Waals surface area contributed by atoms with E-state index in [0.29, 0.717) is 17.4 Å². The molecule has 1 N–H and O–H groups in total. The van der Waals surface area contributed by atoms with E-state index >= 15 is 0 Å². The molecule has 1 aromatic rings. The van der Waals surface area contributed by atoms with Gasteiger partial charge in [0.2, 0.25) is 0 Å². The van der Waals surface area contributed by atoms with E-state index in [9.17, 15) is 9.90 Å². The van der Waals surface area contributed by atoms with E-state index in [1.165, 1.54) is 0 Å². The Kier molecular flexibility index (Phi) is 4.49. The molecule has 1 heterocycles. The molecule has 0 aliphatic carbocycles. The molecule has 2 rings (SSSR count). The van der Waals surface area contributed by atoms with Gasteiger partial charge in [0, 0.05) is 12.6 Å². The van der Waals surface area contributed by atoms with E-state index in [1.807, 2.05) is 49.1 Å². The van der Waals surface area contributed by atoms with Crippen LogP contribution in [-0.2, 0) is 4.79 Å². The predicted molar refractivity (Wildman–Crippen MR) is 83.2 cm³/mol.